The Kier molecular flexibility index (Phi) is 8.73. The molecule has 0 aliphatic carbocycles. The molecule has 0 saturated carbocycles. The van der Waals surface area contributed by atoms with Crippen molar-refractivity contribution >= 4 is 11.6 Å². The highest BCUT2D eigenvalue weighted by atomic mass is 35.5. The molecule has 0 amide bonds. The quantitative estimate of drug-likeness (QED) is 0.499. The molecule has 0 unspecified atom stereocenters. The third-order valence-electron chi connectivity index (χ3n) is 0.731. The molecular weight excluding hydrogens is 160 g/mol. The van der Waals surface area contributed by atoms with Crippen molar-refractivity contribution in [3.8, 4) is 0 Å². The van der Waals surface area contributed by atoms with Gasteiger partial charge in [0.1, 0.15) is 5.76 Å². The van der Waals surface area contributed by atoms with Gasteiger partial charge in [0.2, 0.25) is 0 Å². The zero-order valence-corrected chi connectivity index (χ0v) is 8.07. The molecule has 0 fully saturated rings. The normalized spacial score (nSPS) is 9.64. The van der Waals surface area contributed by atoms with Gasteiger partial charge in [0.05, 0.1) is 0 Å². The Morgan fingerprint density at radius 3 is 1.82 bits per heavy atom. The molecule has 0 rings (SSSR count). The summed E-state index contributed by atoms with van der Waals surface area (Å²) < 4.78 is 0. The summed E-state index contributed by atoms with van der Waals surface area (Å²) >= 11 is 5.34. The summed E-state index contributed by atoms with van der Waals surface area (Å²) in [4.78, 5) is 0. The summed E-state index contributed by atoms with van der Waals surface area (Å²) in [6.07, 6.45) is 1.35. The van der Waals surface area contributed by atoms with Crippen LogP contribution in [0.2, 0.25) is 0 Å². The largest absolute Gasteiger partial charge is 0.508 e. The van der Waals surface area contributed by atoms with E-state index in [0.717, 1.165) is 0 Å². The Morgan fingerprint density at radius 1 is 1.36 bits per heavy atom. The van der Waals surface area contributed by atoms with E-state index in [2.05, 4.69) is 13.2 Å². The number of allylic oxidation sites excluding steroid dienone is 3. The van der Waals surface area contributed by atoms with Crippen molar-refractivity contribution < 1.29 is 5.11 Å². The maximum Gasteiger partial charge on any atom is 0.119 e. The SMILES string of the molecule is C=C(Cl)/C=C(/O)C(=C)C.CC. The fourth-order valence-electron chi connectivity index (χ4n) is 0.272. The van der Waals surface area contributed by atoms with E-state index < -0.39 is 0 Å². The first-order valence-electron chi connectivity index (χ1n) is 3.45. The minimum atomic E-state index is 0.0787. The summed E-state index contributed by atoms with van der Waals surface area (Å²) in [6, 6.07) is 0. The van der Waals surface area contributed by atoms with Crippen LogP contribution in [0.3, 0.4) is 0 Å². The van der Waals surface area contributed by atoms with E-state index in [9.17, 15) is 0 Å². The number of hydrogen-bond donors (Lipinski definition) is 1. The van der Waals surface area contributed by atoms with Crippen LogP contribution in [0.5, 0.6) is 0 Å². The topological polar surface area (TPSA) is 20.2 Å². The first kappa shape index (κ1) is 12.9. The van der Waals surface area contributed by atoms with Crippen molar-refractivity contribution in [1.82, 2.24) is 0 Å². The van der Waals surface area contributed by atoms with Gasteiger partial charge in [0.15, 0.2) is 0 Å². The van der Waals surface area contributed by atoms with Gasteiger partial charge in [0.25, 0.3) is 0 Å². The highest BCUT2D eigenvalue weighted by molar-refractivity contribution is 6.30. The minimum Gasteiger partial charge on any atom is -0.508 e. The second-order valence-electron chi connectivity index (χ2n) is 1.76. The predicted octanol–water partition coefficient (Wildman–Crippen LogP) is 3.78. The molecule has 1 nitrogen and oxygen atoms in total. The maximum atomic E-state index is 8.91. The predicted molar refractivity (Wildman–Crippen MR) is 51.9 cm³/mol. The van der Waals surface area contributed by atoms with Crippen LogP contribution in [0.25, 0.3) is 0 Å². The summed E-state index contributed by atoms with van der Waals surface area (Å²) in [5.74, 6) is 0.0787. The zero-order valence-electron chi connectivity index (χ0n) is 7.32. The van der Waals surface area contributed by atoms with Gasteiger partial charge in [-0.05, 0) is 18.6 Å². The van der Waals surface area contributed by atoms with E-state index in [1.54, 1.807) is 6.92 Å². The Labute approximate surface area is 73.7 Å². The first-order valence-corrected chi connectivity index (χ1v) is 3.83. The molecule has 2 heteroatoms. The second-order valence-corrected chi connectivity index (χ2v) is 2.24. The van der Waals surface area contributed by atoms with E-state index in [0.29, 0.717) is 10.6 Å². The lowest BCUT2D eigenvalue weighted by Crippen LogP contribution is -1.79. The van der Waals surface area contributed by atoms with E-state index >= 15 is 0 Å². The van der Waals surface area contributed by atoms with Gasteiger partial charge in [-0.3, -0.25) is 0 Å². The summed E-state index contributed by atoms with van der Waals surface area (Å²) in [7, 11) is 0. The van der Waals surface area contributed by atoms with Crippen LogP contribution >= 0.6 is 11.6 Å². The lowest BCUT2D eigenvalue weighted by atomic mass is 10.3. The minimum absolute atomic E-state index is 0.0787. The molecule has 0 aromatic rings. The zero-order chi connectivity index (χ0) is 9.44. The monoisotopic (exact) mass is 174 g/mol. The smallest absolute Gasteiger partial charge is 0.119 e. The molecule has 0 aliphatic heterocycles. The van der Waals surface area contributed by atoms with Crippen LogP contribution in [0.15, 0.2) is 35.6 Å². The Bertz CT molecular complexity index is 168. The molecule has 0 aliphatic rings. The molecule has 0 bridgehead atoms. The Hall–Kier alpha value is -0.690. The van der Waals surface area contributed by atoms with Gasteiger partial charge in [-0.15, -0.1) is 0 Å². The van der Waals surface area contributed by atoms with Crippen molar-refractivity contribution in [3.63, 3.8) is 0 Å². The highest BCUT2D eigenvalue weighted by Gasteiger charge is 1.91. The van der Waals surface area contributed by atoms with Gasteiger partial charge < -0.3 is 5.11 Å². The second kappa shape index (κ2) is 7.42. The number of hydrogen-bond acceptors (Lipinski definition) is 1. The molecule has 0 heterocycles. The van der Waals surface area contributed by atoms with Gasteiger partial charge in [-0.25, -0.2) is 0 Å². The molecule has 11 heavy (non-hydrogen) atoms. The van der Waals surface area contributed by atoms with E-state index in [1.807, 2.05) is 13.8 Å². The van der Waals surface area contributed by atoms with Crippen molar-refractivity contribution in [1.29, 1.82) is 0 Å². The lowest BCUT2D eigenvalue weighted by Gasteiger charge is -1.94. The number of aliphatic hydroxyl groups is 1. The van der Waals surface area contributed by atoms with E-state index in [1.165, 1.54) is 6.08 Å². The van der Waals surface area contributed by atoms with Crippen LogP contribution < -0.4 is 0 Å². The Morgan fingerprint density at radius 2 is 1.73 bits per heavy atom. The van der Waals surface area contributed by atoms with Gasteiger partial charge >= 0.3 is 0 Å². The number of rotatable bonds is 2. The summed E-state index contributed by atoms with van der Waals surface area (Å²) in [5.41, 5.74) is 0.580. The third kappa shape index (κ3) is 9.31. The van der Waals surface area contributed by atoms with E-state index in [-0.39, 0.29) is 5.76 Å². The molecule has 0 aromatic carbocycles. The fraction of sp³-hybridized carbons (Fsp3) is 0.333. The highest BCUT2D eigenvalue weighted by Crippen LogP contribution is 2.07. The van der Waals surface area contributed by atoms with Crippen molar-refractivity contribution in [2.24, 2.45) is 0 Å². The molecule has 0 saturated heterocycles. The lowest BCUT2D eigenvalue weighted by molar-refractivity contribution is 0.424. The van der Waals surface area contributed by atoms with Crippen LogP contribution in [0.1, 0.15) is 20.8 Å². The molecular formula is C9H15ClO. The average molecular weight is 175 g/mol. The van der Waals surface area contributed by atoms with Crippen molar-refractivity contribution in [2.45, 2.75) is 20.8 Å². The van der Waals surface area contributed by atoms with Crippen LogP contribution in [0, 0.1) is 0 Å². The van der Waals surface area contributed by atoms with Crippen LogP contribution in [0.4, 0.5) is 0 Å². The fourth-order valence-corrected chi connectivity index (χ4v) is 0.375. The summed E-state index contributed by atoms with van der Waals surface area (Å²) in [5, 5.41) is 9.21. The molecule has 64 valence electrons. The van der Waals surface area contributed by atoms with Gasteiger partial charge in [-0.2, -0.15) is 0 Å². The maximum absolute atomic E-state index is 8.91. The third-order valence-corrected chi connectivity index (χ3v) is 0.840. The molecule has 0 atom stereocenters. The van der Waals surface area contributed by atoms with Crippen molar-refractivity contribution in [2.75, 3.05) is 0 Å². The van der Waals surface area contributed by atoms with Gasteiger partial charge in [-0.1, -0.05) is 38.6 Å². The molecule has 1 N–H and O–H groups in total. The average Bonchev–Trinajstić information content (AvgIpc) is 1.90. The van der Waals surface area contributed by atoms with Gasteiger partial charge in [0, 0.05) is 5.03 Å². The number of aliphatic hydroxyl groups excluding tert-OH is 1. The molecule has 0 spiro atoms. The summed E-state index contributed by atoms with van der Waals surface area (Å²) in [6.45, 7) is 12.5. The van der Waals surface area contributed by atoms with Crippen molar-refractivity contribution in [3.05, 3.63) is 35.6 Å². The number of halogens is 1. The Balaban J connectivity index is 0. The first-order chi connectivity index (χ1) is 5.04. The van der Waals surface area contributed by atoms with E-state index in [4.69, 9.17) is 16.7 Å². The van der Waals surface area contributed by atoms with Crippen LogP contribution in [-0.2, 0) is 0 Å². The van der Waals surface area contributed by atoms with Crippen LogP contribution in [-0.4, -0.2) is 5.11 Å². The molecule has 0 aromatic heterocycles. The molecule has 0 radical (unpaired) electrons. The standard InChI is InChI=1S/C7H9ClO.C2H6/c1-5(2)7(9)4-6(3)8;1-2/h4,9H,1,3H2,2H3;1-2H3/b7-4+;.